The third-order valence-electron chi connectivity index (χ3n) is 2.08. The fourth-order valence-electron chi connectivity index (χ4n) is 0.970. The maximum absolute atomic E-state index is 5.17. The zero-order chi connectivity index (χ0) is 11.3. The predicted octanol–water partition coefficient (Wildman–Crippen LogP) is 2.23. The molecule has 0 heterocycles. The van der Waals surface area contributed by atoms with E-state index >= 15 is 0 Å². The lowest BCUT2D eigenvalue weighted by atomic mass is 10.3. The predicted molar refractivity (Wildman–Crippen MR) is 68.7 cm³/mol. The first-order chi connectivity index (χ1) is 7.09. The Hall–Kier alpha value is -1.13. The van der Waals surface area contributed by atoms with Crippen molar-refractivity contribution < 1.29 is 0 Å². The van der Waals surface area contributed by atoms with Crippen LogP contribution in [0.5, 0.6) is 0 Å². The first-order valence-electron chi connectivity index (χ1n) is 4.95. The number of benzene rings is 1. The van der Waals surface area contributed by atoms with E-state index < -0.39 is 0 Å². The molecule has 0 bridgehead atoms. The normalized spacial score (nSPS) is 10.5. The van der Waals surface area contributed by atoms with Gasteiger partial charge in [0.1, 0.15) is 0 Å². The number of rotatable bonds is 3. The summed E-state index contributed by atoms with van der Waals surface area (Å²) >= 11 is 5.17. The smallest absolute Gasteiger partial charge is 0.185 e. The molecule has 0 atom stereocenters. The van der Waals surface area contributed by atoms with Crippen LogP contribution in [0.15, 0.2) is 30.3 Å². The topological polar surface area (TPSA) is 27.3 Å². The van der Waals surface area contributed by atoms with Gasteiger partial charge in [0, 0.05) is 18.8 Å². The number of hydrogen-bond acceptors (Lipinski definition) is 2. The van der Waals surface area contributed by atoms with Crippen LogP contribution in [0.25, 0.3) is 0 Å². The quantitative estimate of drug-likeness (QED) is 0.607. The van der Waals surface area contributed by atoms with Gasteiger partial charge in [-0.05, 0) is 38.2 Å². The van der Waals surface area contributed by atoms with Gasteiger partial charge >= 0.3 is 0 Å². The van der Waals surface area contributed by atoms with Crippen molar-refractivity contribution >= 4 is 23.0 Å². The molecule has 0 saturated carbocycles. The third kappa shape index (κ3) is 4.27. The number of anilines is 1. The third-order valence-corrected chi connectivity index (χ3v) is 2.28. The van der Waals surface area contributed by atoms with E-state index in [4.69, 9.17) is 12.2 Å². The van der Waals surface area contributed by atoms with E-state index in [0.29, 0.717) is 11.2 Å². The minimum absolute atomic E-state index is 0.403. The van der Waals surface area contributed by atoms with Crippen LogP contribution in [0.4, 0.5) is 5.69 Å². The minimum Gasteiger partial charge on any atom is -0.332 e. The highest BCUT2D eigenvalue weighted by atomic mass is 32.1. The Bertz CT molecular complexity index is 311. The second-order valence-electron chi connectivity index (χ2n) is 3.64. The molecule has 0 amide bonds. The molecule has 0 aliphatic carbocycles. The van der Waals surface area contributed by atoms with Gasteiger partial charge in [0.25, 0.3) is 0 Å². The maximum Gasteiger partial charge on any atom is 0.185 e. The second kappa shape index (κ2) is 5.68. The zero-order valence-corrected chi connectivity index (χ0v) is 10.1. The van der Waals surface area contributed by atoms with E-state index in [2.05, 4.69) is 24.6 Å². The van der Waals surface area contributed by atoms with Crippen LogP contribution < -0.4 is 10.7 Å². The summed E-state index contributed by atoms with van der Waals surface area (Å²) in [6, 6.07) is 10.3. The van der Waals surface area contributed by atoms with Crippen LogP contribution in [0, 0.1) is 0 Å². The van der Waals surface area contributed by atoms with E-state index in [1.807, 2.05) is 42.4 Å². The second-order valence-corrected chi connectivity index (χ2v) is 4.04. The highest BCUT2D eigenvalue weighted by Gasteiger charge is 2.04. The van der Waals surface area contributed by atoms with Crippen molar-refractivity contribution in [3.63, 3.8) is 0 Å². The first kappa shape index (κ1) is 11.9. The van der Waals surface area contributed by atoms with Gasteiger partial charge in [-0.2, -0.15) is 0 Å². The van der Waals surface area contributed by atoms with E-state index in [1.54, 1.807) is 0 Å². The van der Waals surface area contributed by atoms with Gasteiger partial charge in [-0.25, -0.2) is 5.01 Å². The van der Waals surface area contributed by atoms with Gasteiger partial charge in [-0.15, -0.1) is 0 Å². The first-order valence-corrected chi connectivity index (χ1v) is 5.36. The highest BCUT2D eigenvalue weighted by molar-refractivity contribution is 7.80. The molecule has 1 aromatic rings. The summed E-state index contributed by atoms with van der Waals surface area (Å²) in [4.78, 5) is 0. The van der Waals surface area contributed by atoms with Crippen molar-refractivity contribution in [2.24, 2.45) is 0 Å². The standard InChI is InChI=1S/C11H17N3S/c1-9(2)14(3)13-11(15)12-10-7-5-4-6-8-10/h4-9H,1-3H3,(H2,12,13,15). The van der Waals surface area contributed by atoms with Crippen molar-refractivity contribution in [1.29, 1.82) is 0 Å². The summed E-state index contributed by atoms with van der Waals surface area (Å²) in [5.41, 5.74) is 4.07. The molecule has 0 saturated heterocycles. The molecule has 0 aromatic heterocycles. The summed E-state index contributed by atoms with van der Waals surface area (Å²) in [6.45, 7) is 4.19. The molecular formula is C11H17N3S. The Kier molecular flexibility index (Phi) is 4.52. The van der Waals surface area contributed by atoms with E-state index in [1.165, 1.54) is 0 Å². The number of nitrogens with one attached hydrogen (secondary N) is 2. The molecule has 15 heavy (non-hydrogen) atoms. The van der Waals surface area contributed by atoms with Crippen LogP contribution in [0.1, 0.15) is 13.8 Å². The summed E-state index contributed by atoms with van der Waals surface area (Å²) in [5, 5.41) is 5.67. The van der Waals surface area contributed by atoms with E-state index in [9.17, 15) is 0 Å². The molecule has 0 unspecified atom stereocenters. The Labute approximate surface area is 96.4 Å². The van der Waals surface area contributed by atoms with Crippen LogP contribution in [-0.2, 0) is 0 Å². The van der Waals surface area contributed by atoms with Gasteiger partial charge in [0.2, 0.25) is 0 Å². The lowest BCUT2D eigenvalue weighted by molar-refractivity contribution is 0.236. The highest BCUT2D eigenvalue weighted by Crippen LogP contribution is 2.04. The molecule has 0 spiro atoms. The Morgan fingerprint density at radius 3 is 2.40 bits per heavy atom. The van der Waals surface area contributed by atoms with Gasteiger partial charge < -0.3 is 5.32 Å². The van der Waals surface area contributed by atoms with E-state index in [0.717, 1.165) is 5.69 Å². The SMILES string of the molecule is CC(C)N(C)NC(=S)Nc1ccccc1. The van der Waals surface area contributed by atoms with Crippen molar-refractivity contribution in [2.45, 2.75) is 19.9 Å². The van der Waals surface area contributed by atoms with Crippen LogP contribution in [0.3, 0.4) is 0 Å². The van der Waals surface area contributed by atoms with Crippen molar-refractivity contribution in [3.05, 3.63) is 30.3 Å². The molecule has 0 radical (unpaired) electrons. The maximum atomic E-state index is 5.17. The van der Waals surface area contributed by atoms with Gasteiger partial charge in [0.15, 0.2) is 5.11 Å². The Morgan fingerprint density at radius 1 is 1.27 bits per heavy atom. The average Bonchev–Trinajstić information content (AvgIpc) is 2.18. The van der Waals surface area contributed by atoms with Gasteiger partial charge in [-0.3, -0.25) is 5.43 Å². The van der Waals surface area contributed by atoms with Crippen molar-refractivity contribution in [3.8, 4) is 0 Å². The zero-order valence-electron chi connectivity index (χ0n) is 9.32. The molecule has 0 aliphatic rings. The lowest BCUT2D eigenvalue weighted by Gasteiger charge is -2.23. The summed E-state index contributed by atoms with van der Waals surface area (Å²) in [5.74, 6) is 0. The molecule has 82 valence electrons. The fraction of sp³-hybridized carbons (Fsp3) is 0.364. The van der Waals surface area contributed by atoms with E-state index in [-0.39, 0.29) is 0 Å². The Morgan fingerprint density at radius 2 is 1.87 bits per heavy atom. The van der Waals surface area contributed by atoms with Crippen LogP contribution in [0.2, 0.25) is 0 Å². The summed E-state index contributed by atoms with van der Waals surface area (Å²) in [7, 11) is 1.96. The molecule has 2 N–H and O–H groups in total. The van der Waals surface area contributed by atoms with Crippen LogP contribution >= 0.6 is 12.2 Å². The molecule has 3 nitrogen and oxygen atoms in total. The fourth-order valence-corrected chi connectivity index (χ4v) is 1.23. The Balaban J connectivity index is 2.43. The number of para-hydroxylation sites is 1. The molecular weight excluding hydrogens is 206 g/mol. The van der Waals surface area contributed by atoms with Crippen molar-refractivity contribution in [1.82, 2.24) is 10.4 Å². The lowest BCUT2D eigenvalue weighted by Crippen LogP contribution is -2.45. The average molecular weight is 223 g/mol. The summed E-state index contributed by atoms with van der Waals surface area (Å²) in [6.07, 6.45) is 0. The number of thiocarbonyl (C=S) groups is 1. The van der Waals surface area contributed by atoms with Gasteiger partial charge in [0.05, 0.1) is 0 Å². The largest absolute Gasteiger partial charge is 0.332 e. The number of nitrogens with zero attached hydrogens (tertiary/aromatic N) is 1. The molecule has 4 heteroatoms. The van der Waals surface area contributed by atoms with Crippen LogP contribution in [-0.4, -0.2) is 23.2 Å². The molecule has 0 aliphatic heterocycles. The number of hydrazine groups is 1. The minimum atomic E-state index is 0.403. The molecule has 1 rings (SSSR count). The van der Waals surface area contributed by atoms with Gasteiger partial charge in [-0.1, -0.05) is 18.2 Å². The molecule has 1 aromatic carbocycles. The number of hydrogen-bond donors (Lipinski definition) is 2. The van der Waals surface area contributed by atoms with Crippen molar-refractivity contribution in [2.75, 3.05) is 12.4 Å². The monoisotopic (exact) mass is 223 g/mol. The molecule has 0 fully saturated rings. The summed E-state index contributed by atoms with van der Waals surface area (Å²) < 4.78 is 0.